The first-order chi connectivity index (χ1) is 51.3. The molecule has 11 atom stereocenters. The first kappa shape index (κ1) is 92.5. The summed E-state index contributed by atoms with van der Waals surface area (Å²) in [5.74, 6) is -10.8. The Morgan fingerprint density at radius 3 is 1.50 bits per heavy atom. The van der Waals surface area contributed by atoms with Crippen molar-refractivity contribution in [1.82, 2.24) is 72.7 Å². The van der Waals surface area contributed by atoms with Crippen LogP contribution in [0, 0.1) is 23.7 Å². The fraction of sp³-hybridized carbons (Fsp3) is 0.730. The molecule has 3 heterocycles. The molecule has 0 radical (unpaired) electrons. The van der Waals surface area contributed by atoms with Gasteiger partial charge in [-0.3, -0.25) is 57.5 Å². The standard InChI is InChI=1S/C74H128N18O15S/c1-11-12-25-55-69(99)89-64(48(8)9)73(103)90-63(47(6)7)72(102)81-49(10)65(95)88-60(40-50-41-80-53-26-14-13-24-52(50)53)74(104)92-35-21-23-51(92)43-107-44-62(94)83-56(28-16-19-31-76)67(97)86-59(39-46(4)5)71(101)85-57(29-17-20-32-77)68(98)87-58(38-45(2)3)70(100)84-54(27-15-18-30-75)66(96)79-34-36-91(42-61(93)82-55)108(105,106)37-22-33-78/h13-14,24,26,41,45-49,51,54-60,63-64,80H,11-12,15-23,25,27-40,42-44,75-78H2,1-10H3,(H,79,96)(H,81,102)(H,82,93)(H,83,94)(H,84,100)(H,85,101)(H,86,97)(H,87,98)(H,88,95)(H,89,99)(H,90,103)/t49-,51+,54-,55-,56-,57-,58-,59-,60-,63?,64-/m0/s1. The topological polar surface area (TPSA) is 507 Å². The maximum atomic E-state index is 15.0. The van der Waals surface area contributed by atoms with Gasteiger partial charge in [0.1, 0.15) is 67.0 Å². The molecule has 0 aliphatic carbocycles. The van der Waals surface area contributed by atoms with Crippen LogP contribution in [0.25, 0.3) is 10.9 Å². The average Bonchev–Trinajstić information content (AvgIpc) is 1.66. The molecule has 2 fully saturated rings. The molecule has 1 unspecified atom stereocenters. The van der Waals surface area contributed by atoms with Gasteiger partial charge in [0, 0.05) is 43.2 Å². The quantitative estimate of drug-likeness (QED) is 0.0510. The van der Waals surface area contributed by atoms with E-state index >= 15 is 0 Å². The maximum absolute atomic E-state index is 15.0. The Balaban J connectivity index is 1.80. The molecule has 0 spiro atoms. The lowest BCUT2D eigenvalue weighted by molar-refractivity contribution is -0.139. The van der Waals surface area contributed by atoms with Crippen molar-refractivity contribution < 1.29 is 70.7 Å². The van der Waals surface area contributed by atoms with E-state index in [0.717, 1.165) is 15.2 Å². The number of ether oxygens (including phenoxy) is 1. The molecule has 12 amide bonds. The molecule has 1 aromatic heterocycles. The third-order valence-electron chi connectivity index (χ3n) is 19.1. The van der Waals surface area contributed by atoms with Crippen LogP contribution in [0.15, 0.2) is 30.5 Å². The number of hydrogen-bond acceptors (Lipinski definition) is 19. The number of unbranched alkanes of at least 4 members (excludes halogenated alkanes) is 4. The van der Waals surface area contributed by atoms with Gasteiger partial charge in [0.2, 0.25) is 80.9 Å². The molecule has 1 aromatic carbocycles. The number of nitrogens with one attached hydrogen (secondary N) is 12. The number of fused-ring (bicyclic) bond motifs is 2. The van der Waals surface area contributed by atoms with Gasteiger partial charge in [0.25, 0.3) is 0 Å². The fourth-order valence-corrected chi connectivity index (χ4v) is 14.4. The molecule has 4 rings (SSSR count). The molecule has 2 aromatic rings. The number of carbonyl (C=O) groups excluding carboxylic acids is 12. The Hall–Kier alpha value is -7.89. The van der Waals surface area contributed by atoms with Gasteiger partial charge in [0.05, 0.1) is 24.9 Å². The predicted octanol–water partition coefficient (Wildman–Crippen LogP) is -0.322. The number of nitrogens with zero attached hydrogens (tertiary/aromatic N) is 2. The molecule has 610 valence electrons. The fourth-order valence-electron chi connectivity index (χ4n) is 13.0. The maximum Gasteiger partial charge on any atom is 0.246 e. The van der Waals surface area contributed by atoms with Crippen LogP contribution in [0.4, 0.5) is 0 Å². The first-order valence-electron chi connectivity index (χ1n) is 38.8. The highest BCUT2D eigenvalue weighted by Crippen LogP contribution is 2.24. The van der Waals surface area contributed by atoms with E-state index in [-0.39, 0.29) is 109 Å². The number of aromatic amines is 1. The van der Waals surface area contributed by atoms with E-state index in [0.29, 0.717) is 69.8 Å². The molecule has 33 nitrogen and oxygen atoms in total. The van der Waals surface area contributed by atoms with Crippen molar-refractivity contribution in [3.05, 3.63) is 36.0 Å². The normalized spacial score (nSPS) is 24.8. The van der Waals surface area contributed by atoms with E-state index < -0.39 is 185 Å². The van der Waals surface area contributed by atoms with Crippen molar-refractivity contribution in [2.24, 2.45) is 46.6 Å². The average molecular weight is 1540 g/mol. The number of rotatable bonds is 27. The Bertz CT molecular complexity index is 3360. The number of H-pyrrole nitrogens is 1. The minimum absolute atomic E-state index is 0.00602. The monoisotopic (exact) mass is 1540 g/mol. The molecule has 2 saturated heterocycles. The van der Waals surface area contributed by atoms with Gasteiger partial charge in [-0.2, -0.15) is 4.31 Å². The number of nitrogens with two attached hydrogens (primary N) is 4. The van der Waals surface area contributed by atoms with Gasteiger partial charge >= 0.3 is 0 Å². The SMILES string of the molecule is CCCC[C@@H]1NC(=O)CN(S(=O)(=O)CCCN)CCNC(=O)[C@H](CCCCN)NC(=O)[C@H](CC(C)C)NC(=O)[C@H](CCCCN)NC(=O)[C@H](CC(C)C)NC(=O)[C@H](CCCCN)NC(=O)COC[C@H]2CCCN2C(=O)[C@H](Cc2c[nH]c3ccccc23)NC(=O)[C@H](C)NC(=O)C(C(C)C)NC(=O)[C@H](C(C)C)NC1=O. The number of amides is 12. The van der Waals surface area contributed by atoms with Crippen LogP contribution in [0.1, 0.15) is 184 Å². The van der Waals surface area contributed by atoms with E-state index in [1.54, 1.807) is 38.8 Å². The predicted molar refractivity (Wildman–Crippen MR) is 411 cm³/mol. The smallest absolute Gasteiger partial charge is 0.246 e. The van der Waals surface area contributed by atoms with Crippen molar-refractivity contribution in [2.45, 2.75) is 251 Å². The van der Waals surface area contributed by atoms with Crippen LogP contribution in [0.2, 0.25) is 0 Å². The Labute approximate surface area is 637 Å². The van der Waals surface area contributed by atoms with Crippen LogP contribution in [-0.4, -0.2) is 231 Å². The second kappa shape index (κ2) is 47.9. The number of hydrogen-bond donors (Lipinski definition) is 16. The molecule has 34 heteroatoms. The van der Waals surface area contributed by atoms with Gasteiger partial charge in [0.15, 0.2) is 0 Å². The molecule has 0 saturated carbocycles. The Morgan fingerprint density at radius 2 is 0.972 bits per heavy atom. The van der Waals surface area contributed by atoms with Gasteiger partial charge in [-0.05, 0) is 165 Å². The molecule has 108 heavy (non-hydrogen) atoms. The van der Waals surface area contributed by atoms with Gasteiger partial charge in [-0.1, -0.05) is 93.4 Å². The summed E-state index contributed by atoms with van der Waals surface area (Å²) in [6, 6.07) is -5.66. The van der Waals surface area contributed by atoms with Crippen LogP contribution in [0.3, 0.4) is 0 Å². The van der Waals surface area contributed by atoms with Crippen molar-refractivity contribution in [2.75, 3.05) is 71.3 Å². The summed E-state index contributed by atoms with van der Waals surface area (Å²) in [7, 11) is -4.28. The molecule has 0 bridgehead atoms. The van der Waals surface area contributed by atoms with Gasteiger partial charge in [-0.15, -0.1) is 0 Å². The molecule has 2 aliphatic heterocycles. The summed E-state index contributed by atoms with van der Waals surface area (Å²) in [5.41, 5.74) is 24.8. The number of aromatic nitrogens is 1. The molecule has 20 N–H and O–H groups in total. The lowest BCUT2D eigenvalue weighted by atomic mass is 9.98. The highest BCUT2D eigenvalue weighted by atomic mass is 32.2. The highest BCUT2D eigenvalue weighted by molar-refractivity contribution is 7.89. The molecular weight excluding hydrogens is 1410 g/mol. The summed E-state index contributed by atoms with van der Waals surface area (Å²) in [6.45, 7) is 16.0. The van der Waals surface area contributed by atoms with Gasteiger partial charge < -0.3 is 96.0 Å². The van der Waals surface area contributed by atoms with E-state index in [2.05, 4.69) is 63.5 Å². The number of carbonyl (C=O) groups is 12. The van der Waals surface area contributed by atoms with E-state index in [9.17, 15) is 66.0 Å². The summed E-state index contributed by atoms with van der Waals surface area (Å²) < 4.78 is 34.9. The summed E-state index contributed by atoms with van der Waals surface area (Å²) in [6.07, 6.45) is 6.81. The summed E-state index contributed by atoms with van der Waals surface area (Å²) in [4.78, 5) is 178. The first-order valence-corrected chi connectivity index (χ1v) is 40.4. The second-order valence-corrected chi connectivity index (χ2v) is 32.1. The zero-order valence-corrected chi connectivity index (χ0v) is 66.1. The van der Waals surface area contributed by atoms with E-state index in [4.69, 9.17) is 27.7 Å². The van der Waals surface area contributed by atoms with E-state index in [1.807, 2.05) is 58.9 Å². The van der Waals surface area contributed by atoms with Crippen molar-refractivity contribution in [1.29, 1.82) is 0 Å². The van der Waals surface area contributed by atoms with Crippen LogP contribution in [0.5, 0.6) is 0 Å². The Kier molecular flexibility index (Phi) is 41.0. The van der Waals surface area contributed by atoms with Crippen LogP contribution in [-0.2, 0) is 78.7 Å². The van der Waals surface area contributed by atoms with Crippen molar-refractivity contribution in [3.8, 4) is 0 Å². The second-order valence-electron chi connectivity index (χ2n) is 30.0. The highest BCUT2D eigenvalue weighted by Gasteiger charge is 2.40. The number of benzene rings is 1. The molecule has 2 aliphatic rings. The third-order valence-corrected chi connectivity index (χ3v) is 21.0. The van der Waals surface area contributed by atoms with E-state index in [1.165, 1.54) is 6.92 Å². The van der Waals surface area contributed by atoms with Crippen LogP contribution >= 0.6 is 0 Å². The third kappa shape index (κ3) is 31.2. The van der Waals surface area contributed by atoms with Gasteiger partial charge in [-0.25, -0.2) is 8.42 Å². The summed E-state index contributed by atoms with van der Waals surface area (Å²) in [5, 5.41) is 31.2. The Morgan fingerprint density at radius 1 is 0.509 bits per heavy atom. The van der Waals surface area contributed by atoms with Crippen molar-refractivity contribution in [3.63, 3.8) is 0 Å². The number of para-hydroxylation sites is 1. The minimum Gasteiger partial charge on any atom is -0.370 e. The summed E-state index contributed by atoms with van der Waals surface area (Å²) >= 11 is 0. The van der Waals surface area contributed by atoms with Crippen LogP contribution < -0.4 is 81.4 Å². The lowest BCUT2D eigenvalue weighted by Crippen LogP contribution is -2.61. The largest absolute Gasteiger partial charge is 0.370 e. The molecular formula is C74H128N18O15S. The lowest BCUT2D eigenvalue weighted by Gasteiger charge is -2.31. The zero-order chi connectivity index (χ0) is 80.2. The number of sulfonamides is 1. The minimum atomic E-state index is -4.28. The zero-order valence-electron chi connectivity index (χ0n) is 65.3. The van der Waals surface area contributed by atoms with Crippen molar-refractivity contribution >= 4 is 91.8 Å².